The molecule has 12 heteroatoms. The molecule has 0 unspecified atom stereocenters. The van der Waals surface area contributed by atoms with E-state index in [1.807, 2.05) is 13.1 Å². The minimum atomic E-state index is -0.690. The predicted molar refractivity (Wildman–Crippen MR) is 136 cm³/mol. The van der Waals surface area contributed by atoms with Crippen molar-refractivity contribution in [2.24, 2.45) is 5.10 Å². The van der Waals surface area contributed by atoms with Gasteiger partial charge in [-0.05, 0) is 43.0 Å². The zero-order valence-electron chi connectivity index (χ0n) is 21.9. The highest BCUT2D eigenvalue weighted by atomic mass is 16.7. The third kappa shape index (κ3) is 10.0. The lowest BCUT2D eigenvalue weighted by Crippen LogP contribution is -2.32. The number of hydrogen-bond acceptors (Lipinski definition) is 11. The molecule has 2 aliphatic rings. The van der Waals surface area contributed by atoms with Gasteiger partial charge < -0.3 is 33.9 Å². The molecule has 1 fully saturated rings. The highest BCUT2D eigenvalue weighted by molar-refractivity contribution is 6.03. The molecule has 38 heavy (non-hydrogen) atoms. The van der Waals surface area contributed by atoms with Crippen LogP contribution in [0.5, 0.6) is 5.75 Å². The molecule has 1 aromatic carbocycles. The Morgan fingerprint density at radius 3 is 2.08 bits per heavy atom. The number of amides is 2. The van der Waals surface area contributed by atoms with Gasteiger partial charge in [-0.3, -0.25) is 9.59 Å². The quantitative estimate of drug-likeness (QED) is 0.167. The van der Waals surface area contributed by atoms with E-state index in [-0.39, 0.29) is 25.9 Å². The summed E-state index contributed by atoms with van der Waals surface area (Å²) >= 11 is 0. The van der Waals surface area contributed by atoms with Gasteiger partial charge in [0.2, 0.25) is 0 Å². The van der Waals surface area contributed by atoms with Crippen molar-refractivity contribution in [3.05, 3.63) is 29.3 Å². The molecule has 2 amide bonds. The molecule has 1 saturated heterocycles. The number of rotatable bonds is 18. The standard InChI is InChI=1S/C26H37N3O9/c1-27-28-23-4-2-3-20-19-21(5-6-22(20)23)37-18-17-36-16-15-35-14-13-34-12-11-33-10-9-26(32)38-29-24(30)7-8-25(29)31/h5-6,19,27H,2-4,7-18H2,1H3/b28-23+. The number of carbonyl (C=O) groups is 3. The Morgan fingerprint density at radius 1 is 0.842 bits per heavy atom. The lowest BCUT2D eigenvalue weighted by atomic mass is 9.90. The molecule has 0 saturated carbocycles. The number of hydrogen-bond donors (Lipinski definition) is 1. The molecule has 1 aromatic rings. The molecule has 12 nitrogen and oxygen atoms in total. The number of nitrogens with zero attached hydrogens (tertiary/aromatic N) is 2. The van der Waals surface area contributed by atoms with Crippen molar-refractivity contribution in [1.29, 1.82) is 0 Å². The van der Waals surface area contributed by atoms with Gasteiger partial charge in [0.05, 0.1) is 65.0 Å². The first-order valence-electron chi connectivity index (χ1n) is 13.0. The second kappa shape index (κ2) is 16.7. The molecule has 0 atom stereocenters. The minimum absolute atomic E-state index is 0.0638. The molecule has 1 aliphatic carbocycles. The van der Waals surface area contributed by atoms with Crippen molar-refractivity contribution in [3.8, 4) is 5.75 Å². The summed E-state index contributed by atoms with van der Waals surface area (Å²) in [5.41, 5.74) is 6.43. The smallest absolute Gasteiger partial charge is 0.335 e. The summed E-state index contributed by atoms with van der Waals surface area (Å²) in [6, 6.07) is 6.13. The SMILES string of the molecule is CN/N=C1\CCCc2cc(OCCOCCOCCOCCOCCC(=O)ON3C(=O)CCC3=O)ccc21. The van der Waals surface area contributed by atoms with Crippen molar-refractivity contribution in [2.75, 3.05) is 66.5 Å². The van der Waals surface area contributed by atoms with Gasteiger partial charge in [-0.2, -0.15) is 5.10 Å². The number of hydroxylamine groups is 2. The normalized spacial score (nSPS) is 16.1. The van der Waals surface area contributed by atoms with Crippen LogP contribution in [0.1, 0.15) is 43.2 Å². The van der Waals surface area contributed by atoms with Gasteiger partial charge in [-0.15, -0.1) is 5.06 Å². The van der Waals surface area contributed by atoms with Crippen LogP contribution in [0.15, 0.2) is 23.3 Å². The van der Waals surface area contributed by atoms with Crippen LogP contribution in [0.2, 0.25) is 0 Å². The number of ether oxygens (including phenoxy) is 5. The van der Waals surface area contributed by atoms with E-state index in [1.54, 1.807) is 0 Å². The van der Waals surface area contributed by atoms with Gasteiger partial charge in [-0.25, -0.2) is 4.79 Å². The average Bonchev–Trinajstić information content (AvgIpc) is 3.23. The third-order valence-electron chi connectivity index (χ3n) is 5.76. The Kier molecular flexibility index (Phi) is 13.0. The second-order valence-electron chi connectivity index (χ2n) is 8.55. The topological polar surface area (TPSA) is 134 Å². The number of carbonyl (C=O) groups excluding carboxylic acids is 3. The van der Waals surface area contributed by atoms with Crippen LogP contribution in [-0.4, -0.2) is 95.1 Å². The predicted octanol–water partition coefficient (Wildman–Crippen LogP) is 1.39. The Morgan fingerprint density at radius 2 is 1.45 bits per heavy atom. The molecule has 1 N–H and O–H groups in total. The fourth-order valence-electron chi connectivity index (χ4n) is 3.92. The molecule has 0 bridgehead atoms. The van der Waals surface area contributed by atoms with E-state index in [9.17, 15) is 14.4 Å². The summed E-state index contributed by atoms with van der Waals surface area (Å²) in [5, 5.41) is 4.89. The van der Waals surface area contributed by atoms with Crippen molar-refractivity contribution >= 4 is 23.5 Å². The van der Waals surface area contributed by atoms with Crippen LogP contribution < -0.4 is 10.2 Å². The van der Waals surface area contributed by atoms with E-state index in [0.29, 0.717) is 57.9 Å². The maximum absolute atomic E-state index is 11.6. The first kappa shape index (κ1) is 29.5. The maximum atomic E-state index is 11.6. The molecule has 1 heterocycles. The van der Waals surface area contributed by atoms with E-state index in [1.165, 1.54) is 11.1 Å². The fourth-order valence-corrected chi connectivity index (χ4v) is 3.92. The highest BCUT2D eigenvalue weighted by Gasteiger charge is 2.32. The summed E-state index contributed by atoms with van der Waals surface area (Å²) in [6.07, 6.45) is 3.18. The van der Waals surface area contributed by atoms with Gasteiger partial charge in [0, 0.05) is 25.5 Å². The molecular weight excluding hydrogens is 498 g/mol. The minimum Gasteiger partial charge on any atom is -0.491 e. The van der Waals surface area contributed by atoms with E-state index in [2.05, 4.69) is 22.7 Å². The van der Waals surface area contributed by atoms with Gasteiger partial charge >= 0.3 is 5.97 Å². The van der Waals surface area contributed by atoms with Gasteiger partial charge in [0.15, 0.2) is 0 Å². The van der Waals surface area contributed by atoms with E-state index < -0.39 is 17.8 Å². The Balaban J connectivity index is 1.09. The summed E-state index contributed by atoms with van der Waals surface area (Å²) in [5.74, 6) is -0.858. The van der Waals surface area contributed by atoms with Crippen molar-refractivity contribution < 1.29 is 42.9 Å². The first-order valence-corrected chi connectivity index (χ1v) is 13.0. The summed E-state index contributed by atoms with van der Waals surface area (Å²) in [4.78, 5) is 39.1. The van der Waals surface area contributed by atoms with Crippen LogP contribution in [0, 0.1) is 0 Å². The molecule has 1 aliphatic heterocycles. The molecule has 0 aromatic heterocycles. The van der Waals surface area contributed by atoms with Gasteiger partial charge in [0.1, 0.15) is 12.4 Å². The number of imide groups is 1. The fraction of sp³-hybridized carbons (Fsp3) is 0.615. The largest absolute Gasteiger partial charge is 0.491 e. The lowest BCUT2D eigenvalue weighted by Gasteiger charge is -2.19. The van der Waals surface area contributed by atoms with Crippen LogP contribution in [-0.2, 0) is 44.6 Å². The first-order chi connectivity index (χ1) is 18.6. The number of fused-ring (bicyclic) bond motifs is 1. The Labute approximate surface area is 222 Å². The monoisotopic (exact) mass is 535 g/mol. The van der Waals surface area contributed by atoms with Crippen molar-refractivity contribution in [3.63, 3.8) is 0 Å². The number of aryl methyl sites for hydroxylation is 1. The molecule has 3 rings (SSSR count). The van der Waals surface area contributed by atoms with Gasteiger partial charge in [-0.1, -0.05) is 0 Å². The van der Waals surface area contributed by atoms with Crippen LogP contribution >= 0.6 is 0 Å². The molecular formula is C26H37N3O9. The average molecular weight is 536 g/mol. The number of benzene rings is 1. The summed E-state index contributed by atoms with van der Waals surface area (Å²) in [7, 11) is 1.82. The Hall–Kier alpha value is -3.06. The molecule has 0 radical (unpaired) electrons. The van der Waals surface area contributed by atoms with Crippen LogP contribution in [0.4, 0.5) is 0 Å². The number of nitrogens with one attached hydrogen (secondary N) is 1. The zero-order valence-corrected chi connectivity index (χ0v) is 21.9. The van der Waals surface area contributed by atoms with Crippen molar-refractivity contribution in [1.82, 2.24) is 10.5 Å². The van der Waals surface area contributed by atoms with E-state index >= 15 is 0 Å². The Bertz CT molecular complexity index is 938. The van der Waals surface area contributed by atoms with Crippen LogP contribution in [0.25, 0.3) is 0 Å². The second-order valence-corrected chi connectivity index (χ2v) is 8.55. The summed E-state index contributed by atoms with van der Waals surface area (Å²) in [6.45, 7) is 3.44. The molecule has 0 spiro atoms. The summed E-state index contributed by atoms with van der Waals surface area (Å²) < 4.78 is 27.5. The lowest BCUT2D eigenvalue weighted by molar-refractivity contribution is -0.198. The van der Waals surface area contributed by atoms with E-state index in [0.717, 1.165) is 30.7 Å². The molecule has 210 valence electrons. The van der Waals surface area contributed by atoms with E-state index in [4.69, 9.17) is 28.5 Å². The van der Waals surface area contributed by atoms with Crippen LogP contribution in [0.3, 0.4) is 0 Å². The third-order valence-corrected chi connectivity index (χ3v) is 5.76. The maximum Gasteiger partial charge on any atom is 0.335 e. The van der Waals surface area contributed by atoms with Gasteiger partial charge in [0.25, 0.3) is 11.8 Å². The number of hydrazone groups is 1. The van der Waals surface area contributed by atoms with Crippen molar-refractivity contribution in [2.45, 2.75) is 38.5 Å². The zero-order chi connectivity index (χ0) is 27.0. The highest BCUT2D eigenvalue weighted by Crippen LogP contribution is 2.26.